The van der Waals surface area contributed by atoms with E-state index in [4.69, 9.17) is 9.47 Å². The van der Waals surface area contributed by atoms with Crippen molar-refractivity contribution in [3.63, 3.8) is 0 Å². The highest BCUT2D eigenvalue weighted by Gasteiger charge is 2.42. The molecule has 0 bridgehead atoms. The summed E-state index contributed by atoms with van der Waals surface area (Å²) in [6, 6.07) is -1.05. The standard InChI is InChI=1S/C26H36N2O6/c1-26(2,3)34-24(31)27-15-9-8-14-22(23(29)30)28-25(32)33-16-21-19-12-6-4-10-17(19)18-11-5-7-13-20(18)21/h4-7,12-13,17-18,21-22H,8-11,14-16H2,1-3H3,(H,27,31)(H,28,32)(H,29,30)/t17-,18?,21?,22+/m1/s1. The lowest BCUT2D eigenvalue weighted by atomic mass is 9.83. The fourth-order valence-corrected chi connectivity index (χ4v) is 4.83. The molecule has 0 spiro atoms. The molecule has 0 aliphatic heterocycles. The minimum Gasteiger partial charge on any atom is -0.480 e. The number of fused-ring (bicyclic) bond motifs is 3. The van der Waals surface area contributed by atoms with Gasteiger partial charge in [-0.25, -0.2) is 14.4 Å². The quantitative estimate of drug-likeness (QED) is 0.426. The number of amides is 2. The predicted octanol–water partition coefficient (Wildman–Crippen LogP) is 4.50. The predicted molar refractivity (Wildman–Crippen MR) is 128 cm³/mol. The number of aliphatic carboxylic acids is 1. The molecule has 186 valence electrons. The van der Waals surface area contributed by atoms with Gasteiger partial charge in [0.1, 0.15) is 18.2 Å². The van der Waals surface area contributed by atoms with Gasteiger partial charge in [0.15, 0.2) is 0 Å². The van der Waals surface area contributed by atoms with Crippen LogP contribution in [0.1, 0.15) is 52.9 Å². The molecule has 34 heavy (non-hydrogen) atoms. The molecule has 3 rings (SSSR count). The number of hydrogen-bond donors (Lipinski definition) is 3. The van der Waals surface area contributed by atoms with E-state index in [0.717, 1.165) is 12.8 Å². The van der Waals surface area contributed by atoms with Crippen LogP contribution < -0.4 is 10.6 Å². The Labute approximate surface area is 201 Å². The molecule has 0 heterocycles. The van der Waals surface area contributed by atoms with Gasteiger partial charge in [-0.05, 0) is 64.7 Å². The van der Waals surface area contributed by atoms with E-state index in [2.05, 4.69) is 47.1 Å². The van der Waals surface area contributed by atoms with E-state index in [9.17, 15) is 19.5 Å². The third-order valence-electron chi connectivity index (χ3n) is 6.34. The topological polar surface area (TPSA) is 114 Å². The molecule has 2 amide bonds. The average molecular weight is 473 g/mol. The maximum atomic E-state index is 12.4. The summed E-state index contributed by atoms with van der Waals surface area (Å²) in [4.78, 5) is 35.7. The first-order chi connectivity index (χ1) is 16.2. The minimum atomic E-state index is -1.11. The minimum absolute atomic E-state index is 0.0397. The number of rotatable bonds is 9. The van der Waals surface area contributed by atoms with Crippen molar-refractivity contribution in [3.8, 4) is 0 Å². The van der Waals surface area contributed by atoms with Crippen LogP contribution in [0, 0.1) is 17.8 Å². The number of hydrogen-bond acceptors (Lipinski definition) is 5. The molecule has 1 fully saturated rings. The van der Waals surface area contributed by atoms with Crippen LogP contribution in [0.3, 0.4) is 0 Å². The maximum absolute atomic E-state index is 12.4. The number of nitrogens with one attached hydrogen (secondary N) is 2. The molecule has 0 aromatic heterocycles. The van der Waals surface area contributed by atoms with Crippen molar-refractivity contribution in [1.29, 1.82) is 0 Å². The molecule has 3 aliphatic carbocycles. The van der Waals surface area contributed by atoms with Crippen LogP contribution in [0.25, 0.3) is 0 Å². The van der Waals surface area contributed by atoms with Gasteiger partial charge in [-0.1, -0.05) is 47.6 Å². The molecule has 0 radical (unpaired) electrons. The van der Waals surface area contributed by atoms with Gasteiger partial charge in [-0.2, -0.15) is 0 Å². The van der Waals surface area contributed by atoms with Crippen LogP contribution >= 0.6 is 0 Å². The van der Waals surface area contributed by atoms with Gasteiger partial charge >= 0.3 is 18.2 Å². The third kappa shape index (κ3) is 6.98. The number of alkyl carbamates (subject to hydrolysis) is 2. The monoisotopic (exact) mass is 472 g/mol. The molecular weight excluding hydrogens is 436 g/mol. The number of carbonyl (C=O) groups is 3. The van der Waals surface area contributed by atoms with Crippen molar-refractivity contribution in [1.82, 2.24) is 10.6 Å². The zero-order chi connectivity index (χ0) is 24.7. The Hall–Kier alpha value is -3.03. The van der Waals surface area contributed by atoms with Gasteiger partial charge < -0.3 is 25.2 Å². The van der Waals surface area contributed by atoms with Crippen LogP contribution in [0.4, 0.5) is 9.59 Å². The Bertz CT molecular complexity index is 859. The second kappa shape index (κ2) is 11.4. The van der Waals surface area contributed by atoms with Crippen LogP contribution in [0.2, 0.25) is 0 Å². The Morgan fingerprint density at radius 2 is 1.65 bits per heavy atom. The molecule has 1 saturated carbocycles. The summed E-state index contributed by atoms with van der Waals surface area (Å²) in [5.74, 6) is -0.186. The van der Waals surface area contributed by atoms with E-state index in [1.807, 2.05) is 0 Å². The summed E-state index contributed by atoms with van der Waals surface area (Å²) in [5, 5.41) is 14.6. The van der Waals surface area contributed by atoms with Gasteiger partial charge in [0, 0.05) is 12.5 Å². The number of unbranched alkanes of at least 4 members (excludes halogenated alkanes) is 1. The number of carbonyl (C=O) groups excluding carboxylic acids is 2. The summed E-state index contributed by atoms with van der Waals surface area (Å²) in [6.07, 6.45) is 14.8. The second-order valence-corrected chi connectivity index (χ2v) is 9.98. The first kappa shape index (κ1) is 25.6. The third-order valence-corrected chi connectivity index (χ3v) is 6.34. The molecule has 8 nitrogen and oxygen atoms in total. The summed E-state index contributed by atoms with van der Waals surface area (Å²) in [6.45, 7) is 5.91. The van der Waals surface area contributed by atoms with E-state index in [0.29, 0.717) is 31.2 Å². The van der Waals surface area contributed by atoms with Gasteiger partial charge in [-0.3, -0.25) is 0 Å². The van der Waals surface area contributed by atoms with E-state index in [1.165, 1.54) is 11.1 Å². The first-order valence-corrected chi connectivity index (χ1v) is 12.0. The smallest absolute Gasteiger partial charge is 0.407 e. The lowest BCUT2D eigenvalue weighted by Gasteiger charge is -2.21. The van der Waals surface area contributed by atoms with E-state index in [1.54, 1.807) is 20.8 Å². The molecular formula is C26H36N2O6. The van der Waals surface area contributed by atoms with Gasteiger partial charge in [0.05, 0.1) is 0 Å². The lowest BCUT2D eigenvalue weighted by molar-refractivity contribution is -0.139. The highest BCUT2D eigenvalue weighted by molar-refractivity contribution is 5.79. The van der Waals surface area contributed by atoms with Crippen LogP contribution in [0.15, 0.2) is 47.6 Å². The molecule has 4 atom stereocenters. The van der Waals surface area contributed by atoms with Crippen molar-refractivity contribution in [2.75, 3.05) is 13.2 Å². The highest BCUT2D eigenvalue weighted by atomic mass is 16.6. The van der Waals surface area contributed by atoms with Crippen LogP contribution in [-0.2, 0) is 14.3 Å². The number of ether oxygens (including phenoxy) is 2. The fraction of sp³-hybridized carbons (Fsp3) is 0.577. The zero-order valence-corrected chi connectivity index (χ0v) is 20.2. The molecule has 2 unspecified atom stereocenters. The van der Waals surface area contributed by atoms with Gasteiger partial charge in [0.2, 0.25) is 0 Å². The van der Waals surface area contributed by atoms with Crippen molar-refractivity contribution in [3.05, 3.63) is 47.6 Å². The largest absolute Gasteiger partial charge is 0.480 e. The van der Waals surface area contributed by atoms with Crippen LogP contribution in [0.5, 0.6) is 0 Å². The van der Waals surface area contributed by atoms with Crippen LogP contribution in [-0.4, -0.2) is 48.1 Å². The molecule has 0 saturated heterocycles. The summed E-state index contributed by atoms with van der Waals surface area (Å²) < 4.78 is 10.7. The first-order valence-electron chi connectivity index (χ1n) is 12.0. The Kier molecular flexibility index (Phi) is 8.58. The summed E-state index contributed by atoms with van der Waals surface area (Å²) in [7, 11) is 0. The molecule has 3 aliphatic rings. The fourth-order valence-electron chi connectivity index (χ4n) is 4.83. The summed E-state index contributed by atoms with van der Waals surface area (Å²) in [5.41, 5.74) is 2.02. The van der Waals surface area contributed by atoms with E-state index in [-0.39, 0.29) is 18.9 Å². The number of carboxylic acid groups (broad SMARTS) is 1. The number of carboxylic acids is 1. The van der Waals surface area contributed by atoms with Crippen molar-refractivity contribution < 1.29 is 29.0 Å². The summed E-state index contributed by atoms with van der Waals surface area (Å²) >= 11 is 0. The zero-order valence-electron chi connectivity index (χ0n) is 20.2. The highest BCUT2D eigenvalue weighted by Crippen LogP contribution is 2.51. The van der Waals surface area contributed by atoms with Gasteiger partial charge in [0.25, 0.3) is 0 Å². The lowest BCUT2D eigenvalue weighted by Crippen LogP contribution is -2.41. The maximum Gasteiger partial charge on any atom is 0.407 e. The SMILES string of the molecule is CC(C)(C)OC(=O)NCCCC[C@H](NC(=O)OCC1C2=CC=CCC2[C@H]2CC=CC=C12)C(=O)O. The second-order valence-electron chi connectivity index (χ2n) is 9.98. The average Bonchev–Trinajstić information content (AvgIpc) is 3.09. The van der Waals surface area contributed by atoms with E-state index >= 15 is 0 Å². The Morgan fingerprint density at radius 3 is 2.21 bits per heavy atom. The Morgan fingerprint density at radius 1 is 1.03 bits per heavy atom. The molecule has 0 aromatic carbocycles. The number of allylic oxidation sites excluding steroid dienone is 6. The van der Waals surface area contributed by atoms with Gasteiger partial charge in [-0.15, -0.1) is 0 Å². The Balaban J connectivity index is 1.43. The van der Waals surface area contributed by atoms with E-state index < -0.39 is 29.8 Å². The van der Waals surface area contributed by atoms with Crippen molar-refractivity contribution in [2.45, 2.75) is 64.5 Å². The normalized spacial score (nSPS) is 23.7. The molecule has 0 aromatic rings. The van der Waals surface area contributed by atoms with Crippen molar-refractivity contribution >= 4 is 18.2 Å². The van der Waals surface area contributed by atoms with Crippen molar-refractivity contribution in [2.24, 2.45) is 17.8 Å². The molecule has 8 heteroatoms. The molecule has 3 N–H and O–H groups in total.